The van der Waals surface area contributed by atoms with Crippen LogP contribution in [0.1, 0.15) is 44.7 Å². The molecule has 0 radical (unpaired) electrons. The van der Waals surface area contributed by atoms with Crippen molar-refractivity contribution in [2.24, 2.45) is 17.1 Å². The molecule has 1 atom stereocenters. The highest BCUT2D eigenvalue weighted by Crippen LogP contribution is 2.25. The number of benzene rings is 1. The molecule has 0 aromatic heterocycles. The normalized spacial score (nSPS) is 13.7. The fourth-order valence-corrected chi connectivity index (χ4v) is 2.11. The van der Waals surface area contributed by atoms with Gasteiger partial charge in [0.15, 0.2) is 0 Å². The molecule has 0 fully saturated rings. The van der Waals surface area contributed by atoms with Crippen LogP contribution in [0.2, 0.25) is 0 Å². The van der Waals surface area contributed by atoms with E-state index >= 15 is 0 Å². The number of aryl methyl sites for hydroxylation is 1. The molecule has 0 heterocycles. The first-order valence-corrected chi connectivity index (χ1v) is 6.66. The molecule has 2 N–H and O–H groups in total. The molecule has 0 bridgehead atoms. The molecule has 0 aliphatic carbocycles. The summed E-state index contributed by atoms with van der Waals surface area (Å²) in [7, 11) is 0. The Bertz CT molecular complexity index is 336. The van der Waals surface area contributed by atoms with Crippen molar-refractivity contribution >= 4 is 0 Å². The van der Waals surface area contributed by atoms with Crippen molar-refractivity contribution in [2.45, 2.75) is 47.0 Å². The summed E-state index contributed by atoms with van der Waals surface area (Å²) in [6.07, 6.45) is 3.60. The van der Waals surface area contributed by atoms with Gasteiger partial charge in [0.25, 0.3) is 0 Å². The third-order valence-corrected chi connectivity index (χ3v) is 3.24. The summed E-state index contributed by atoms with van der Waals surface area (Å²) in [5, 5.41) is 0. The first-order valence-electron chi connectivity index (χ1n) is 6.66. The number of hydrogen-bond acceptors (Lipinski definition) is 1. The highest BCUT2D eigenvalue weighted by molar-refractivity contribution is 5.22. The van der Waals surface area contributed by atoms with Crippen LogP contribution in [-0.2, 0) is 6.42 Å². The van der Waals surface area contributed by atoms with E-state index in [0.29, 0.717) is 11.3 Å². The maximum Gasteiger partial charge on any atom is -0.00457 e. The van der Waals surface area contributed by atoms with Crippen LogP contribution in [0.4, 0.5) is 0 Å². The highest BCUT2D eigenvalue weighted by atomic mass is 14.5. The lowest BCUT2D eigenvalue weighted by molar-refractivity contribution is 0.323. The van der Waals surface area contributed by atoms with Crippen LogP contribution in [0.3, 0.4) is 0 Å². The fourth-order valence-electron chi connectivity index (χ4n) is 2.11. The Morgan fingerprint density at radius 2 is 1.94 bits per heavy atom. The van der Waals surface area contributed by atoms with Gasteiger partial charge in [-0.15, -0.1) is 0 Å². The smallest absolute Gasteiger partial charge is 0.00457 e. The van der Waals surface area contributed by atoms with Gasteiger partial charge in [-0.25, -0.2) is 0 Å². The van der Waals surface area contributed by atoms with Gasteiger partial charge in [0.1, 0.15) is 0 Å². The predicted molar refractivity (Wildman–Crippen MR) is 76.1 cm³/mol. The van der Waals surface area contributed by atoms with E-state index in [1.165, 1.54) is 24.0 Å². The van der Waals surface area contributed by atoms with Crippen molar-refractivity contribution in [1.29, 1.82) is 0 Å². The van der Waals surface area contributed by atoms with Crippen molar-refractivity contribution in [3.8, 4) is 0 Å². The van der Waals surface area contributed by atoms with Crippen LogP contribution in [0, 0.1) is 18.3 Å². The third-order valence-electron chi connectivity index (χ3n) is 3.24. The third kappa shape index (κ3) is 5.88. The van der Waals surface area contributed by atoms with Gasteiger partial charge in [-0.3, -0.25) is 0 Å². The van der Waals surface area contributed by atoms with Gasteiger partial charge in [0.2, 0.25) is 0 Å². The predicted octanol–water partition coefficient (Wildman–Crippen LogP) is 3.94. The Kier molecular flexibility index (Phi) is 5.20. The van der Waals surface area contributed by atoms with Crippen molar-refractivity contribution in [3.63, 3.8) is 0 Å². The summed E-state index contributed by atoms with van der Waals surface area (Å²) in [6.45, 7) is 9.84. The Balaban J connectivity index is 2.52. The molecule has 0 aliphatic heterocycles. The van der Waals surface area contributed by atoms with Crippen LogP contribution in [0.5, 0.6) is 0 Å². The average molecular weight is 233 g/mol. The molecule has 0 saturated heterocycles. The molecular formula is C16H27N. The minimum Gasteiger partial charge on any atom is -0.330 e. The van der Waals surface area contributed by atoms with E-state index in [1.807, 2.05) is 0 Å². The van der Waals surface area contributed by atoms with Crippen molar-refractivity contribution in [3.05, 3.63) is 35.4 Å². The maximum atomic E-state index is 5.89. The summed E-state index contributed by atoms with van der Waals surface area (Å²) < 4.78 is 0. The maximum absolute atomic E-state index is 5.89. The van der Waals surface area contributed by atoms with Crippen molar-refractivity contribution in [1.82, 2.24) is 0 Å². The zero-order valence-electron chi connectivity index (χ0n) is 11.8. The molecule has 1 heteroatoms. The molecule has 1 rings (SSSR count). The van der Waals surface area contributed by atoms with Crippen molar-refractivity contribution < 1.29 is 0 Å². The second-order valence-corrected chi connectivity index (χ2v) is 6.39. The lowest BCUT2D eigenvalue weighted by atomic mass is 9.84. The molecule has 1 unspecified atom stereocenters. The van der Waals surface area contributed by atoms with E-state index in [9.17, 15) is 0 Å². The standard InChI is InChI=1S/C16H27N/c1-13-6-5-7-14(10-13)11-15(12-17)8-9-16(2,3)4/h5-7,10,15H,8-9,11-12,17H2,1-4H3. The summed E-state index contributed by atoms with van der Waals surface area (Å²) in [4.78, 5) is 0. The SMILES string of the molecule is Cc1cccc(CC(CN)CCC(C)(C)C)c1. The van der Waals surface area contributed by atoms with E-state index in [4.69, 9.17) is 5.73 Å². The first kappa shape index (κ1) is 14.2. The lowest BCUT2D eigenvalue weighted by Crippen LogP contribution is -2.19. The molecule has 0 aliphatic rings. The highest BCUT2D eigenvalue weighted by Gasteiger charge is 2.14. The van der Waals surface area contributed by atoms with Gasteiger partial charge in [0, 0.05) is 0 Å². The van der Waals surface area contributed by atoms with E-state index in [2.05, 4.69) is 52.0 Å². The molecule has 1 nitrogen and oxygen atoms in total. The zero-order chi connectivity index (χ0) is 12.9. The second kappa shape index (κ2) is 6.20. The fraction of sp³-hybridized carbons (Fsp3) is 0.625. The Morgan fingerprint density at radius 1 is 1.24 bits per heavy atom. The van der Waals surface area contributed by atoms with Gasteiger partial charge < -0.3 is 5.73 Å². The van der Waals surface area contributed by atoms with Crippen LogP contribution in [0.25, 0.3) is 0 Å². The molecular weight excluding hydrogens is 206 g/mol. The molecule has 1 aromatic rings. The zero-order valence-corrected chi connectivity index (χ0v) is 11.8. The number of hydrogen-bond donors (Lipinski definition) is 1. The topological polar surface area (TPSA) is 26.0 Å². The molecule has 1 aromatic carbocycles. The van der Waals surface area contributed by atoms with E-state index in [0.717, 1.165) is 13.0 Å². The molecule has 0 saturated carbocycles. The number of rotatable bonds is 5. The van der Waals surface area contributed by atoms with Gasteiger partial charge in [0.05, 0.1) is 0 Å². The Hall–Kier alpha value is -0.820. The second-order valence-electron chi connectivity index (χ2n) is 6.39. The quantitative estimate of drug-likeness (QED) is 0.819. The Morgan fingerprint density at radius 3 is 2.47 bits per heavy atom. The van der Waals surface area contributed by atoms with E-state index in [1.54, 1.807) is 0 Å². The summed E-state index contributed by atoms with van der Waals surface area (Å²) in [5.41, 5.74) is 9.07. The van der Waals surface area contributed by atoms with Gasteiger partial charge in [-0.1, -0.05) is 50.6 Å². The van der Waals surface area contributed by atoms with Crippen LogP contribution < -0.4 is 5.73 Å². The summed E-state index contributed by atoms with van der Waals surface area (Å²) in [6, 6.07) is 8.78. The average Bonchev–Trinajstić information content (AvgIpc) is 2.23. The van der Waals surface area contributed by atoms with E-state index in [-0.39, 0.29) is 0 Å². The monoisotopic (exact) mass is 233 g/mol. The Labute approximate surface area is 106 Å². The molecule has 0 amide bonds. The lowest BCUT2D eigenvalue weighted by Gasteiger charge is -2.22. The largest absolute Gasteiger partial charge is 0.330 e. The molecule has 96 valence electrons. The van der Waals surface area contributed by atoms with Crippen molar-refractivity contribution in [2.75, 3.05) is 6.54 Å². The van der Waals surface area contributed by atoms with Crippen LogP contribution in [-0.4, -0.2) is 6.54 Å². The van der Waals surface area contributed by atoms with Crippen LogP contribution in [0.15, 0.2) is 24.3 Å². The molecule has 0 spiro atoms. The first-order chi connectivity index (χ1) is 7.90. The van der Waals surface area contributed by atoms with Gasteiger partial charge >= 0.3 is 0 Å². The minimum absolute atomic E-state index is 0.417. The van der Waals surface area contributed by atoms with Gasteiger partial charge in [-0.2, -0.15) is 0 Å². The summed E-state index contributed by atoms with van der Waals surface area (Å²) in [5.74, 6) is 0.621. The van der Waals surface area contributed by atoms with Gasteiger partial charge in [-0.05, 0) is 49.6 Å². The summed E-state index contributed by atoms with van der Waals surface area (Å²) >= 11 is 0. The minimum atomic E-state index is 0.417. The van der Waals surface area contributed by atoms with Crippen LogP contribution >= 0.6 is 0 Å². The van der Waals surface area contributed by atoms with E-state index < -0.39 is 0 Å². The molecule has 17 heavy (non-hydrogen) atoms. The number of nitrogens with two attached hydrogens (primary N) is 1.